The van der Waals surface area contributed by atoms with Crippen LogP contribution in [0.4, 0.5) is 5.69 Å². The number of benzene rings is 2. The average Bonchev–Trinajstić information content (AvgIpc) is 2.47. The van der Waals surface area contributed by atoms with E-state index in [1.807, 2.05) is 25.1 Å². The number of nitriles is 1. The molecule has 0 unspecified atom stereocenters. The topological polar surface area (TPSA) is 61.8 Å². The number of hydrogen-bond acceptors (Lipinski definition) is 3. The molecule has 2 aromatic rings. The Labute approximate surface area is 120 Å². The van der Waals surface area contributed by atoms with Crippen LogP contribution in [0.5, 0.6) is 0 Å². The largest absolute Gasteiger partial charge is 0.381 e. The first-order chi connectivity index (χ1) is 9.72. The number of nitrogens with zero attached hydrogens (tertiary/aromatic N) is 1. The summed E-state index contributed by atoms with van der Waals surface area (Å²) in [5, 5.41) is 12.3. The Bertz CT molecular complexity index is 609. The molecule has 0 saturated carbocycles. The van der Waals surface area contributed by atoms with E-state index in [1.54, 1.807) is 0 Å². The van der Waals surface area contributed by atoms with Crippen molar-refractivity contribution in [3.8, 4) is 6.07 Å². The maximum absolute atomic E-state index is 8.91. The van der Waals surface area contributed by atoms with Gasteiger partial charge in [0.1, 0.15) is 0 Å². The fraction of sp³-hybridized carbons (Fsp3) is 0.235. The average molecular weight is 265 g/mol. The minimum atomic E-state index is 0.683. The van der Waals surface area contributed by atoms with Crippen molar-refractivity contribution >= 4 is 5.69 Å². The summed E-state index contributed by atoms with van der Waals surface area (Å²) in [4.78, 5) is 0. The summed E-state index contributed by atoms with van der Waals surface area (Å²) in [5.74, 6) is 0. The molecule has 0 aliphatic rings. The highest BCUT2D eigenvalue weighted by Gasteiger charge is 1.99. The third-order valence-corrected chi connectivity index (χ3v) is 3.30. The zero-order chi connectivity index (χ0) is 14.4. The van der Waals surface area contributed by atoms with Crippen molar-refractivity contribution in [1.82, 2.24) is 0 Å². The molecule has 0 amide bonds. The molecule has 3 heteroatoms. The third kappa shape index (κ3) is 3.59. The van der Waals surface area contributed by atoms with Crippen LogP contribution < -0.4 is 11.1 Å². The highest BCUT2D eigenvalue weighted by molar-refractivity contribution is 5.51. The van der Waals surface area contributed by atoms with Gasteiger partial charge in [0.25, 0.3) is 0 Å². The van der Waals surface area contributed by atoms with Gasteiger partial charge in [-0.1, -0.05) is 24.3 Å². The van der Waals surface area contributed by atoms with Gasteiger partial charge in [-0.25, -0.2) is 0 Å². The zero-order valence-corrected chi connectivity index (χ0v) is 11.7. The van der Waals surface area contributed by atoms with Crippen molar-refractivity contribution in [3.05, 3.63) is 64.7 Å². The first-order valence-electron chi connectivity index (χ1n) is 6.75. The molecule has 0 spiro atoms. The Kier molecular flexibility index (Phi) is 4.75. The van der Waals surface area contributed by atoms with E-state index in [0.29, 0.717) is 6.54 Å². The zero-order valence-electron chi connectivity index (χ0n) is 11.7. The van der Waals surface area contributed by atoms with Crippen LogP contribution in [0.2, 0.25) is 0 Å². The van der Waals surface area contributed by atoms with Gasteiger partial charge in [0, 0.05) is 12.2 Å². The summed E-state index contributed by atoms with van der Waals surface area (Å²) in [7, 11) is 0. The fourth-order valence-corrected chi connectivity index (χ4v) is 2.09. The van der Waals surface area contributed by atoms with Gasteiger partial charge in [-0.2, -0.15) is 5.26 Å². The molecular weight excluding hydrogens is 246 g/mol. The second kappa shape index (κ2) is 6.74. The summed E-state index contributed by atoms with van der Waals surface area (Å²) >= 11 is 0. The minimum absolute atomic E-state index is 0.683. The number of anilines is 1. The minimum Gasteiger partial charge on any atom is -0.381 e. The molecule has 2 rings (SSSR count). The molecule has 0 heterocycles. The van der Waals surface area contributed by atoms with Crippen LogP contribution in [-0.2, 0) is 13.0 Å². The quantitative estimate of drug-likeness (QED) is 0.873. The molecule has 0 aromatic heterocycles. The Hall–Kier alpha value is -2.31. The second-order valence-corrected chi connectivity index (χ2v) is 4.85. The molecule has 0 aliphatic heterocycles. The van der Waals surface area contributed by atoms with Crippen LogP contribution in [-0.4, -0.2) is 6.54 Å². The van der Waals surface area contributed by atoms with Gasteiger partial charge in [-0.15, -0.1) is 0 Å². The van der Waals surface area contributed by atoms with Crippen molar-refractivity contribution in [1.29, 1.82) is 5.26 Å². The van der Waals surface area contributed by atoms with Crippen molar-refractivity contribution in [2.24, 2.45) is 5.73 Å². The molecule has 0 saturated heterocycles. The first kappa shape index (κ1) is 14.1. The second-order valence-electron chi connectivity index (χ2n) is 4.85. The number of nitrogens with two attached hydrogens (primary N) is 1. The molecule has 3 N–H and O–H groups in total. The summed E-state index contributed by atoms with van der Waals surface area (Å²) in [6, 6.07) is 16.4. The van der Waals surface area contributed by atoms with Gasteiger partial charge in [-0.05, 0) is 54.8 Å². The van der Waals surface area contributed by atoms with Crippen molar-refractivity contribution in [2.45, 2.75) is 19.9 Å². The van der Waals surface area contributed by atoms with Gasteiger partial charge in [0.2, 0.25) is 0 Å². The van der Waals surface area contributed by atoms with Crippen LogP contribution in [0.15, 0.2) is 42.5 Å². The van der Waals surface area contributed by atoms with Crippen LogP contribution >= 0.6 is 0 Å². The molecule has 20 heavy (non-hydrogen) atoms. The van der Waals surface area contributed by atoms with E-state index in [0.717, 1.165) is 29.8 Å². The van der Waals surface area contributed by atoms with Crippen LogP contribution in [0.1, 0.15) is 22.3 Å². The Morgan fingerprint density at radius 1 is 1.10 bits per heavy atom. The lowest BCUT2D eigenvalue weighted by molar-refractivity contribution is 0.966. The molecular formula is C17H19N3. The van der Waals surface area contributed by atoms with Gasteiger partial charge >= 0.3 is 0 Å². The molecule has 0 aliphatic carbocycles. The highest BCUT2D eigenvalue weighted by Crippen LogP contribution is 2.15. The molecule has 0 bridgehead atoms. The van der Waals surface area contributed by atoms with E-state index < -0.39 is 0 Å². The first-order valence-corrected chi connectivity index (χ1v) is 6.75. The molecule has 3 nitrogen and oxygen atoms in total. The Morgan fingerprint density at radius 2 is 1.80 bits per heavy atom. The Balaban J connectivity index is 1.98. The lowest BCUT2D eigenvalue weighted by Crippen LogP contribution is -2.03. The number of hydrogen-bond donors (Lipinski definition) is 2. The molecule has 0 atom stereocenters. The van der Waals surface area contributed by atoms with Crippen molar-refractivity contribution in [3.63, 3.8) is 0 Å². The predicted molar refractivity (Wildman–Crippen MR) is 82.4 cm³/mol. The summed E-state index contributed by atoms with van der Waals surface area (Å²) in [5.41, 5.74) is 10.8. The van der Waals surface area contributed by atoms with Crippen molar-refractivity contribution < 1.29 is 0 Å². The van der Waals surface area contributed by atoms with Gasteiger partial charge in [-0.3, -0.25) is 0 Å². The molecule has 0 fully saturated rings. The summed E-state index contributed by atoms with van der Waals surface area (Å²) < 4.78 is 0. The maximum Gasteiger partial charge on any atom is 0.0994 e. The van der Waals surface area contributed by atoms with E-state index in [-0.39, 0.29) is 0 Å². The standard InChI is InChI=1S/C17H19N3/c1-13-10-17(7-6-16(13)11-19)20-12-15-4-2-14(3-5-15)8-9-18/h2-7,10,20H,8-9,12,18H2,1H3. The molecule has 102 valence electrons. The SMILES string of the molecule is Cc1cc(NCc2ccc(CCN)cc2)ccc1C#N. The molecule has 0 radical (unpaired) electrons. The van der Waals surface area contributed by atoms with Gasteiger partial charge < -0.3 is 11.1 Å². The highest BCUT2D eigenvalue weighted by atomic mass is 14.9. The smallest absolute Gasteiger partial charge is 0.0994 e. The van der Waals surface area contributed by atoms with Crippen molar-refractivity contribution in [2.75, 3.05) is 11.9 Å². The summed E-state index contributed by atoms with van der Waals surface area (Å²) in [6.07, 6.45) is 0.919. The lowest BCUT2D eigenvalue weighted by atomic mass is 10.1. The normalized spacial score (nSPS) is 10.1. The number of rotatable bonds is 5. The summed E-state index contributed by atoms with van der Waals surface area (Å²) in [6.45, 7) is 3.40. The number of nitrogens with one attached hydrogen (secondary N) is 1. The van der Waals surface area contributed by atoms with Gasteiger partial charge in [0.15, 0.2) is 0 Å². The third-order valence-electron chi connectivity index (χ3n) is 3.30. The van der Waals surface area contributed by atoms with Gasteiger partial charge in [0.05, 0.1) is 11.6 Å². The van der Waals surface area contributed by atoms with E-state index in [1.165, 1.54) is 11.1 Å². The monoisotopic (exact) mass is 265 g/mol. The van der Waals surface area contributed by atoms with Crippen LogP contribution in [0, 0.1) is 18.3 Å². The number of aryl methyl sites for hydroxylation is 1. The van der Waals surface area contributed by atoms with E-state index >= 15 is 0 Å². The van der Waals surface area contributed by atoms with Crippen LogP contribution in [0.25, 0.3) is 0 Å². The fourth-order valence-electron chi connectivity index (χ4n) is 2.09. The van der Waals surface area contributed by atoms with E-state index in [2.05, 4.69) is 35.7 Å². The lowest BCUT2D eigenvalue weighted by Gasteiger charge is -2.09. The van der Waals surface area contributed by atoms with E-state index in [9.17, 15) is 0 Å². The molecule has 2 aromatic carbocycles. The van der Waals surface area contributed by atoms with E-state index in [4.69, 9.17) is 11.0 Å². The predicted octanol–water partition coefficient (Wildman–Crippen LogP) is 2.98. The Morgan fingerprint density at radius 3 is 2.40 bits per heavy atom. The maximum atomic E-state index is 8.91. The van der Waals surface area contributed by atoms with Crippen LogP contribution in [0.3, 0.4) is 0 Å².